The second kappa shape index (κ2) is 6.09. The number of hydrogen-bond acceptors (Lipinski definition) is 4. The maximum absolute atomic E-state index is 12.9. The lowest BCUT2D eigenvalue weighted by Crippen LogP contribution is -2.31. The minimum Gasteiger partial charge on any atom is -0.471 e. The van der Waals surface area contributed by atoms with Gasteiger partial charge < -0.3 is 9.64 Å². The Balaban J connectivity index is 1.61. The minimum absolute atomic E-state index is 0.0959. The summed E-state index contributed by atoms with van der Waals surface area (Å²) in [4.78, 5) is 14.0. The number of benzene rings is 1. The third kappa shape index (κ3) is 3.21. The van der Waals surface area contributed by atoms with Crippen LogP contribution < -0.4 is 4.74 Å². The average Bonchev–Trinajstić information content (AvgIpc) is 2.98. The molecule has 22 heavy (non-hydrogen) atoms. The number of hydrogen-bond donors (Lipinski definition) is 0. The van der Waals surface area contributed by atoms with Crippen molar-refractivity contribution in [2.24, 2.45) is 0 Å². The third-order valence-electron chi connectivity index (χ3n) is 3.58. The molecule has 1 aromatic carbocycles. The smallest absolute Gasteiger partial charge is 0.253 e. The molecule has 114 valence electrons. The molecule has 3 rings (SSSR count). The van der Waals surface area contributed by atoms with Gasteiger partial charge in [0, 0.05) is 24.6 Å². The van der Waals surface area contributed by atoms with E-state index >= 15 is 0 Å². The van der Waals surface area contributed by atoms with Gasteiger partial charge in [0.2, 0.25) is 5.88 Å². The molecular formula is C16H16FN3O2. The third-order valence-corrected chi connectivity index (χ3v) is 3.58. The van der Waals surface area contributed by atoms with Crippen molar-refractivity contribution in [2.75, 3.05) is 13.1 Å². The maximum Gasteiger partial charge on any atom is 0.253 e. The van der Waals surface area contributed by atoms with Crippen LogP contribution in [0.5, 0.6) is 5.88 Å². The molecule has 0 saturated carbocycles. The topological polar surface area (TPSA) is 55.3 Å². The van der Waals surface area contributed by atoms with Crippen molar-refractivity contribution in [3.05, 3.63) is 53.5 Å². The van der Waals surface area contributed by atoms with Crippen molar-refractivity contribution >= 4 is 5.91 Å². The highest BCUT2D eigenvalue weighted by molar-refractivity contribution is 5.94. The first kappa shape index (κ1) is 14.4. The molecule has 1 fully saturated rings. The number of carbonyl (C=O) groups is 1. The van der Waals surface area contributed by atoms with E-state index < -0.39 is 0 Å². The van der Waals surface area contributed by atoms with E-state index in [2.05, 4.69) is 10.2 Å². The lowest BCUT2D eigenvalue weighted by Gasteiger charge is -2.17. The first-order valence-electron chi connectivity index (χ1n) is 7.13. The summed E-state index contributed by atoms with van der Waals surface area (Å²) in [6.45, 7) is 2.96. The van der Waals surface area contributed by atoms with E-state index in [-0.39, 0.29) is 17.8 Å². The van der Waals surface area contributed by atoms with Gasteiger partial charge in [-0.2, -0.15) is 5.10 Å². The first-order chi connectivity index (χ1) is 10.6. The average molecular weight is 301 g/mol. The predicted molar refractivity (Wildman–Crippen MR) is 78.1 cm³/mol. The van der Waals surface area contributed by atoms with Crippen LogP contribution in [0, 0.1) is 12.7 Å². The van der Waals surface area contributed by atoms with Gasteiger partial charge in [-0.05, 0) is 37.3 Å². The highest BCUT2D eigenvalue weighted by Gasteiger charge is 2.28. The van der Waals surface area contributed by atoms with Crippen molar-refractivity contribution in [3.8, 4) is 5.88 Å². The van der Waals surface area contributed by atoms with Gasteiger partial charge in [-0.3, -0.25) is 4.79 Å². The normalized spacial score (nSPS) is 17.5. The largest absolute Gasteiger partial charge is 0.471 e. The number of halogens is 1. The molecular weight excluding hydrogens is 285 g/mol. The molecule has 1 aromatic heterocycles. The number of ether oxygens (including phenoxy) is 1. The highest BCUT2D eigenvalue weighted by atomic mass is 19.1. The first-order valence-corrected chi connectivity index (χ1v) is 7.13. The molecule has 1 unspecified atom stereocenters. The van der Waals surface area contributed by atoms with E-state index in [1.807, 2.05) is 13.0 Å². The fourth-order valence-corrected chi connectivity index (χ4v) is 2.40. The van der Waals surface area contributed by atoms with Crippen LogP contribution in [0.25, 0.3) is 0 Å². The standard InChI is InChI=1S/C16H16FN3O2/c1-11-2-7-15(19-18-11)22-14-8-9-20(10-14)16(21)12-3-5-13(17)6-4-12/h2-7,14H,8-10H2,1H3. The number of aromatic nitrogens is 2. The van der Waals surface area contributed by atoms with Crippen LogP contribution in [0.4, 0.5) is 4.39 Å². The molecule has 0 aliphatic carbocycles. The van der Waals surface area contributed by atoms with E-state index in [4.69, 9.17) is 4.74 Å². The van der Waals surface area contributed by atoms with Crippen LogP contribution in [0.2, 0.25) is 0 Å². The Labute approximate surface area is 127 Å². The van der Waals surface area contributed by atoms with Gasteiger partial charge in [0.1, 0.15) is 11.9 Å². The quantitative estimate of drug-likeness (QED) is 0.872. The second-order valence-electron chi connectivity index (χ2n) is 5.30. The zero-order chi connectivity index (χ0) is 15.5. The Bertz CT molecular complexity index is 658. The van der Waals surface area contributed by atoms with E-state index in [0.29, 0.717) is 24.5 Å². The molecule has 1 aliphatic rings. The second-order valence-corrected chi connectivity index (χ2v) is 5.30. The molecule has 6 heteroatoms. The summed E-state index contributed by atoms with van der Waals surface area (Å²) >= 11 is 0. The van der Waals surface area contributed by atoms with Crippen molar-refractivity contribution < 1.29 is 13.9 Å². The summed E-state index contributed by atoms with van der Waals surface area (Å²) in [5.74, 6) is 0.00454. The van der Waals surface area contributed by atoms with Gasteiger partial charge in [0.15, 0.2) is 0 Å². The van der Waals surface area contributed by atoms with Crippen molar-refractivity contribution in [1.82, 2.24) is 15.1 Å². The Morgan fingerprint density at radius 3 is 2.68 bits per heavy atom. The van der Waals surface area contributed by atoms with Crippen LogP contribution in [-0.4, -0.2) is 40.2 Å². The summed E-state index contributed by atoms with van der Waals surface area (Å²) in [6, 6.07) is 9.18. The number of amides is 1. The van der Waals surface area contributed by atoms with Gasteiger partial charge >= 0.3 is 0 Å². The summed E-state index contributed by atoms with van der Waals surface area (Å²) in [5.41, 5.74) is 1.31. The number of likely N-dealkylation sites (tertiary alicyclic amines) is 1. The van der Waals surface area contributed by atoms with E-state index in [9.17, 15) is 9.18 Å². The molecule has 5 nitrogen and oxygen atoms in total. The number of nitrogens with zero attached hydrogens (tertiary/aromatic N) is 3. The molecule has 0 N–H and O–H groups in total. The van der Waals surface area contributed by atoms with Crippen LogP contribution in [0.1, 0.15) is 22.5 Å². The number of rotatable bonds is 3. The fraction of sp³-hybridized carbons (Fsp3) is 0.312. The summed E-state index contributed by atoms with van der Waals surface area (Å²) < 4.78 is 18.6. The van der Waals surface area contributed by atoms with E-state index in [0.717, 1.165) is 12.1 Å². The number of carbonyl (C=O) groups excluding carboxylic acids is 1. The van der Waals surface area contributed by atoms with Gasteiger partial charge in [-0.1, -0.05) is 0 Å². The van der Waals surface area contributed by atoms with Crippen LogP contribution >= 0.6 is 0 Å². The Kier molecular flexibility index (Phi) is 4.00. The van der Waals surface area contributed by atoms with Crippen molar-refractivity contribution in [2.45, 2.75) is 19.4 Å². The van der Waals surface area contributed by atoms with Gasteiger partial charge in [0.05, 0.1) is 12.2 Å². The molecule has 0 spiro atoms. The summed E-state index contributed by atoms with van der Waals surface area (Å²) in [6.07, 6.45) is 0.643. The van der Waals surface area contributed by atoms with Crippen LogP contribution in [0.15, 0.2) is 36.4 Å². The van der Waals surface area contributed by atoms with Crippen LogP contribution in [0.3, 0.4) is 0 Å². The SMILES string of the molecule is Cc1ccc(OC2CCN(C(=O)c3ccc(F)cc3)C2)nn1. The van der Waals surface area contributed by atoms with E-state index in [1.54, 1.807) is 11.0 Å². The maximum atomic E-state index is 12.9. The Morgan fingerprint density at radius 1 is 1.23 bits per heavy atom. The zero-order valence-electron chi connectivity index (χ0n) is 12.2. The zero-order valence-corrected chi connectivity index (χ0v) is 12.2. The molecule has 0 radical (unpaired) electrons. The monoisotopic (exact) mass is 301 g/mol. The fourth-order valence-electron chi connectivity index (χ4n) is 2.40. The molecule has 2 heterocycles. The summed E-state index contributed by atoms with van der Waals surface area (Å²) in [5, 5.41) is 7.90. The highest BCUT2D eigenvalue weighted by Crippen LogP contribution is 2.18. The molecule has 1 aliphatic heterocycles. The molecule has 1 atom stereocenters. The molecule has 0 bridgehead atoms. The lowest BCUT2D eigenvalue weighted by molar-refractivity contribution is 0.0771. The Morgan fingerprint density at radius 2 is 2.00 bits per heavy atom. The number of aryl methyl sites for hydroxylation is 1. The van der Waals surface area contributed by atoms with Crippen molar-refractivity contribution in [1.29, 1.82) is 0 Å². The molecule has 1 saturated heterocycles. The van der Waals surface area contributed by atoms with Gasteiger partial charge in [0.25, 0.3) is 5.91 Å². The van der Waals surface area contributed by atoms with E-state index in [1.165, 1.54) is 24.3 Å². The molecule has 1 amide bonds. The van der Waals surface area contributed by atoms with Crippen LogP contribution in [-0.2, 0) is 0 Å². The molecule has 2 aromatic rings. The van der Waals surface area contributed by atoms with Crippen molar-refractivity contribution in [3.63, 3.8) is 0 Å². The minimum atomic E-state index is -0.350. The predicted octanol–water partition coefficient (Wildman–Crippen LogP) is 2.22. The summed E-state index contributed by atoms with van der Waals surface area (Å²) in [7, 11) is 0. The lowest BCUT2D eigenvalue weighted by atomic mass is 10.2. The Hall–Kier alpha value is -2.50. The van der Waals surface area contributed by atoms with Gasteiger partial charge in [-0.15, -0.1) is 5.10 Å². The van der Waals surface area contributed by atoms with Gasteiger partial charge in [-0.25, -0.2) is 4.39 Å².